The van der Waals surface area contributed by atoms with Gasteiger partial charge in [-0.1, -0.05) is 76.3 Å². The van der Waals surface area contributed by atoms with E-state index in [0.717, 1.165) is 30.4 Å². The Hall–Kier alpha value is -1.33. The monoisotopic (exact) mass is 412 g/mol. The van der Waals surface area contributed by atoms with Gasteiger partial charge in [0.15, 0.2) is 0 Å². The molecule has 5 nitrogen and oxygen atoms in total. The van der Waals surface area contributed by atoms with Crippen molar-refractivity contribution in [2.75, 3.05) is 30.3 Å². The van der Waals surface area contributed by atoms with Crippen LogP contribution in [0.4, 0.5) is 11.8 Å². The Balaban J connectivity index is 0.00000729. The first-order valence-electron chi connectivity index (χ1n) is 10.8. The Bertz CT molecular complexity index is 525. The smallest absolute Gasteiger partial charge is 0.394 e. The first-order chi connectivity index (χ1) is 13.2. The number of unbranched alkanes of at least 4 members (excludes halogenated alkanes) is 9. The zero-order valence-corrected chi connectivity index (χ0v) is 18.7. The van der Waals surface area contributed by atoms with Crippen molar-refractivity contribution in [1.82, 2.24) is 4.98 Å². The van der Waals surface area contributed by atoms with Gasteiger partial charge < -0.3 is 22.8 Å². The van der Waals surface area contributed by atoms with E-state index in [0.29, 0.717) is 6.54 Å². The quantitative estimate of drug-likeness (QED) is 0.207. The third kappa shape index (κ3) is 12.9. The molecule has 1 aromatic rings. The zero-order valence-electron chi connectivity index (χ0n) is 18.0. The van der Waals surface area contributed by atoms with Gasteiger partial charge in [-0.15, -0.1) is 0 Å². The molecule has 0 saturated carbocycles. The van der Waals surface area contributed by atoms with Crippen LogP contribution >= 0.6 is 0 Å². The van der Waals surface area contributed by atoms with Crippen LogP contribution in [-0.4, -0.2) is 29.8 Å². The molecule has 28 heavy (non-hydrogen) atoms. The van der Waals surface area contributed by atoms with Crippen molar-refractivity contribution in [3.63, 3.8) is 0 Å². The summed E-state index contributed by atoms with van der Waals surface area (Å²) in [5.41, 5.74) is 1.07. The van der Waals surface area contributed by atoms with Gasteiger partial charge in [0.2, 0.25) is 5.82 Å². The van der Waals surface area contributed by atoms with Crippen molar-refractivity contribution in [2.45, 2.75) is 84.6 Å². The molecule has 0 unspecified atom stereocenters. The van der Waals surface area contributed by atoms with Crippen LogP contribution in [0.25, 0.3) is 0 Å². The summed E-state index contributed by atoms with van der Waals surface area (Å²) >= 11 is 0. The predicted molar refractivity (Wildman–Crippen MR) is 115 cm³/mol. The summed E-state index contributed by atoms with van der Waals surface area (Å²) < 4.78 is 2.02. The second-order valence-corrected chi connectivity index (χ2v) is 7.48. The summed E-state index contributed by atoms with van der Waals surface area (Å²) in [6, 6.07) is 2.00. The van der Waals surface area contributed by atoms with Crippen LogP contribution in [-0.2, 0) is 6.54 Å². The number of nitrogens with one attached hydrogen (secondary N) is 2. The van der Waals surface area contributed by atoms with Crippen molar-refractivity contribution in [3.05, 3.63) is 24.4 Å². The maximum Gasteiger partial charge on any atom is 0.394 e. The van der Waals surface area contributed by atoms with E-state index in [1.807, 2.05) is 23.8 Å². The Morgan fingerprint density at radius 2 is 1.61 bits per heavy atom. The van der Waals surface area contributed by atoms with Crippen molar-refractivity contribution >= 4 is 11.8 Å². The molecule has 0 aliphatic heterocycles. The molecule has 6 heteroatoms. The van der Waals surface area contributed by atoms with Gasteiger partial charge in [-0.3, -0.25) is 5.32 Å². The molecule has 0 spiro atoms. The molecule has 0 radical (unpaired) electrons. The summed E-state index contributed by atoms with van der Waals surface area (Å²) in [5.74, 6) is 1.64. The number of nitrogens with zero attached hydrogens (tertiary/aromatic N) is 2. The molecule has 1 rings (SSSR count). The highest BCUT2D eigenvalue weighted by molar-refractivity contribution is 5.36. The van der Waals surface area contributed by atoms with Crippen LogP contribution in [0.15, 0.2) is 24.4 Å². The lowest BCUT2D eigenvalue weighted by molar-refractivity contribution is -0.677. The Morgan fingerprint density at radius 3 is 2.18 bits per heavy atom. The fraction of sp³-hybridized carbons (Fsp3) is 0.727. The lowest BCUT2D eigenvalue weighted by atomic mass is 10.1. The van der Waals surface area contributed by atoms with Crippen LogP contribution in [0.2, 0.25) is 0 Å². The molecule has 1 aromatic heterocycles. The van der Waals surface area contributed by atoms with E-state index < -0.39 is 0 Å². The molecule has 0 aromatic carbocycles. The van der Waals surface area contributed by atoms with Gasteiger partial charge in [0.1, 0.15) is 0 Å². The minimum Gasteiger partial charge on any atom is -1.00 e. The lowest BCUT2D eigenvalue weighted by Gasteiger charge is -2.08. The largest absolute Gasteiger partial charge is 1.00 e. The first kappa shape index (κ1) is 26.7. The predicted octanol–water partition coefficient (Wildman–Crippen LogP) is 1.69. The molecule has 1 heterocycles. The SMILES string of the molecule is C=C(C)C[n+]1ccc(NCCCCCCCCCCCC)nc1NCCO.[Cl-]. The third-order valence-corrected chi connectivity index (χ3v) is 4.58. The third-order valence-electron chi connectivity index (χ3n) is 4.58. The number of anilines is 2. The fourth-order valence-electron chi connectivity index (χ4n) is 3.10. The van der Waals surface area contributed by atoms with E-state index in [9.17, 15) is 0 Å². The topological polar surface area (TPSA) is 61.1 Å². The van der Waals surface area contributed by atoms with Gasteiger partial charge in [0.05, 0.1) is 25.9 Å². The molecule has 0 atom stereocenters. The molecule has 0 fully saturated rings. The highest BCUT2D eigenvalue weighted by Gasteiger charge is 2.12. The number of halogens is 1. The van der Waals surface area contributed by atoms with Crippen molar-refractivity contribution in [1.29, 1.82) is 0 Å². The van der Waals surface area contributed by atoms with Crippen molar-refractivity contribution in [2.24, 2.45) is 0 Å². The van der Waals surface area contributed by atoms with Crippen LogP contribution in [0.1, 0.15) is 78.1 Å². The van der Waals surface area contributed by atoms with Crippen LogP contribution in [0.5, 0.6) is 0 Å². The van der Waals surface area contributed by atoms with Gasteiger partial charge in [0, 0.05) is 12.6 Å². The second kappa shape index (κ2) is 17.7. The number of allylic oxidation sites excluding steroid dienone is 1. The number of aromatic nitrogens is 2. The van der Waals surface area contributed by atoms with Gasteiger partial charge in [-0.25, -0.2) is 4.57 Å². The van der Waals surface area contributed by atoms with Crippen LogP contribution < -0.4 is 27.6 Å². The number of aliphatic hydroxyl groups excluding tert-OH is 1. The summed E-state index contributed by atoms with van der Waals surface area (Å²) in [7, 11) is 0. The summed E-state index contributed by atoms with van der Waals surface area (Å²) in [6.07, 6.45) is 15.5. The molecule has 3 N–H and O–H groups in total. The molecular formula is C22H41ClN4O. The summed E-state index contributed by atoms with van der Waals surface area (Å²) in [4.78, 5) is 4.63. The van der Waals surface area contributed by atoms with Crippen molar-refractivity contribution < 1.29 is 22.1 Å². The maximum absolute atomic E-state index is 9.05. The first-order valence-corrected chi connectivity index (χ1v) is 10.8. The number of hydrogen-bond acceptors (Lipinski definition) is 4. The average molecular weight is 413 g/mol. The Kier molecular flexibility index (Phi) is 16.9. The van der Waals surface area contributed by atoms with E-state index >= 15 is 0 Å². The summed E-state index contributed by atoms with van der Waals surface area (Å²) in [5, 5.41) is 15.6. The maximum atomic E-state index is 9.05. The van der Waals surface area contributed by atoms with Gasteiger partial charge in [0.25, 0.3) is 0 Å². The van der Waals surface area contributed by atoms with Crippen LogP contribution in [0, 0.1) is 0 Å². The minimum absolute atomic E-state index is 0. The molecular weight excluding hydrogens is 372 g/mol. The number of rotatable bonds is 17. The highest BCUT2D eigenvalue weighted by Crippen LogP contribution is 2.11. The molecule has 0 aliphatic rings. The number of hydrogen-bond donors (Lipinski definition) is 3. The normalized spacial score (nSPS) is 10.4. The van der Waals surface area contributed by atoms with Crippen LogP contribution in [0.3, 0.4) is 0 Å². The number of aliphatic hydroxyl groups is 1. The molecule has 162 valence electrons. The minimum atomic E-state index is 0. The van der Waals surface area contributed by atoms with Gasteiger partial charge >= 0.3 is 5.95 Å². The Labute approximate surface area is 178 Å². The van der Waals surface area contributed by atoms with Gasteiger partial charge in [-0.2, -0.15) is 0 Å². The molecule has 0 aliphatic carbocycles. The average Bonchev–Trinajstić information content (AvgIpc) is 2.65. The highest BCUT2D eigenvalue weighted by atomic mass is 35.5. The van der Waals surface area contributed by atoms with Crippen molar-refractivity contribution in [3.8, 4) is 0 Å². The molecule has 0 amide bonds. The van der Waals surface area contributed by atoms with Gasteiger partial charge in [-0.05, 0) is 18.9 Å². The Morgan fingerprint density at radius 1 is 1.00 bits per heavy atom. The van der Waals surface area contributed by atoms with E-state index in [4.69, 9.17) is 5.11 Å². The van der Waals surface area contributed by atoms with E-state index in [1.165, 1.54) is 64.2 Å². The van der Waals surface area contributed by atoms with E-state index in [-0.39, 0.29) is 19.0 Å². The van der Waals surface area contributed by atoms with E-state index in [2.05, 4.69) is 29.1 Å². The lowest BCUT2D eigenvalue weighted by Crippen LogP contribution is -3.00. The fourth-order valence-corrected chi connectivity index (χ4v) is 3.10. The van der Waals surface area contributed by atoms with E-state index in [1.54, 1.807) is 0 Å². The molecule has 0 bridgehead atoms. The zero-order chi connectivity index (χ0) is 19.7. The standard InChI is InChI=1S/C22H40N4O.ClH/c1-4-5-6-7-8-9-10-11-12-13-15-23-21-14-17-26(19-20(2)3)22(25-21)24-16-18-27;/h14,17,27H,2,4-13,15-16,18-19H2,1,3H3,(H,23,24,25);1H. The summed E-state index contributed by atoms with van der Waals surface area (Å²) in [6.45, 7) is 10.5. The second-order valence-electron chi connectivity index (χ2n) is 7.48. The molecule has 0 saturated heterocycles.